The van der Waals surface area contributed by atoms with Crippen molar-refractivity contribution in [3.05, 3.63) is 46.3 Å². The van der Waals surface area contributed by atoms with Crippen molar-refractivity contribution in [2.75, 3.05) is 26.2 Å². The summed E-state index contributed by atoms with van der Waals surface area (Å²) in [5, 5.41) is 18.8. The summed E-state index contributed by atoms with van der Waals surface area (Å²) in [6.07, 6.45) is 4.02. The summed E-state index contributed by atoms with van der Waals surface area (Å²) in [6, 6.07) is 6.01. The van der Waals surface area contributed by atoms with E-state index < -0.39 is 4.92 Å². The van der Waals surface area contributed by atoms with Crippen molar-refractivity contribution in [3.63, 3.8) is 0 Å². The van der Waals surface area contributed by atoms with Crippen LogP contribution in [0.4, 0.5) is 5.69 Å². The summed E-state index contributed by atoms with van der Waals surface area (Å²) in [5.74, 6) is -0.202. The molecule has 0 aliphatic carbocycles. The number of non-ortho nitro benzene ring substituents is 1. The fraction of sp³-hybridized carbons (Fsp3) is 0.471. The highest BCUT2D eigenvalue weighted by Crippen LogP contribution is 2.18. The molecule has 2 aromatic rings. The van der Waals surface area contributed by atoms with Crippen LogP contribution >= 0.6 is 12.4 Å². The number of rotatable bonds is 7. The van der Waals surface area contributed by atoms with Gasteiger partial charge in [0.1, 0.15) is 0 Å². The molecule has 28 heavy (non-hydrogen) atoms. The number of hydrogen-bond donors (Lipinski definition) is 1. The third-order valence-corrected chi connectivity index (χ3v) is 4.45. The van der Waals surface area contributed by atoms with Gasteiger partial charge in [-0.2, -0.15) is 0 Å². The average molecular weight is 411 g/mol. The molecule has 1 fully saturated rings. The lowest BCUT2D eigenvalue weighted by Gasteiger charge is -2.31. The lowest BCUT2D eigenvalue weighted by Crippen LogP contribution is -2.41. The highest BCUT2D eigenvalue weighted by atomic mass is 35.5. The third kappa shape index (κ3) is 5.24. The Morgan fingerprint density at radius 1 is 1.36 bits per heavy atom. The molecule has 1 amide bonds. The van der Waals surface area contributed by atoms with Gasteiger partial charge in [0.05, 0.1) is 22.9 Å². The largest absolute Gasteiger partial charge is 0.378 e. The number of benzene rings is 1. The van der Waals surface area contributed by atoms with E-state index in [2.05, 4.69) is 10.3 Å². The molecular formula is C17H23ClN6O4. The molecule has 10 nitrogen and oxygen atoms in total. The Morgan fingerprint density at radius 2 is 2.11 bits per heavy atom. The van der Waals surface area contributed by atoms with E-state index in [4.69, 9.17) is 10.5 Å². The van der Waals surface area contributed by atoms with Gasteiger partial charge < -0.3 is 15.4 Å². The normalized spacial score (nSPS) is 14.5. The number of aromatic nitrogens is 3. The predicted octanol–water partition coefficient (Wildman–Crippen LogP) is 1.57. The molecular weight excluding hydrogens is 388 g/mol. The van der Waals surface area contributed by atoms with Crippen LogP contribution in [-0.2, 0) is 4.74 Å². The van der Waals surface area contributed by atoms with E-state index in [-0.39, 0.29) is 35.8 Å². The Kier molecular flexibility index (Phi) is 7.85. The number of carbonyl (C=O) groups is 1. The summed E-state index contributed by atoms with van der Waals surface area (Å²) in [7, 11) is 0. The summed E-state index contributed by atoms with van der Waals surface area (Å²) >= 11 is 0. The number of carbonyl (C=O) groups excluding carboxylic acids is 1. The zero-order valence-corrected chi connectivity index (χ0v) is 16.1. The summed E-state index contributed by atoms with van der Waals surface area (Å²) in [5.41, 5.74) is 6.09. The van der Waals surface area contributed by atoms with Crippen molar-refractivity contribution >= 4 is 24.0 Å². The minimum Gasteiger partial charge on any atom is -0.378 e. The van der Waals surface area contributed by atoms with Gasteiger partial charge in [0, 0.05) is 31.8 Å². The number of piperidine rings is 1. The molecule has 0 unspecified atom stereocenters. The average Bonchev–Trinajstić information content (AvgIpc) is 3.18. The molecule has 0 saturated carbocycles. The molecule has 0 spiro atoms. The smallest absolute Gasteiger partial charge is 0.276 e. The zero-order valence-electron chi connectivity index (χ0n) is 15.3. The van der Waals surface area contributed by atoms with E-state index in [9.17, 15) is 14.9 Å². The number of ether oxygens (including phenoxy) is 1. The fourth-order valence-corrected chi connectivity index (χ4v) is 2.96. The van der Waals surface area contributed by atoms with Gasteiger partial charge in [-0.05, 0) is 31.9 Å². The summed E-state index contributed by atoms with van der Waals surface area (Å²) in [4.78, 5) is 24.8. The van der Waals surface area contributed by atoms with Gasteiger partial charge in [0.25, 0.3) is 11.6 Å². The second-order valence-corrected chi connectivity index (χ2v) is 6.33. The van der Waals surface area contributed by atoms with Gasteiger partial charge in [-0.1, -0.05) is 11.3 Å². The highest BCUT2D eigenvalue weighted by molar-refractivity contribution is 5.92. The van der Waals surface area contributed by atoms with Gasteiger partial charge in [0.2, 0.25) is 0 Å². The topological polar surface area (TPSA) is 129 Å². The number of halogens is 1. The Hall–Kier alpha value is -2.56. The van der Waals surface area contributed by atoms with Gasteiger partial charge >= 0.3 is 0 Å². The third-order valence-electron chi connectivity index (χ3n) is 4.45. The van der Waals surface area contributed by atoms with Gasteiger partial charge in [0.15, 0.2) is 5.69 Å². The number of nitrogens with two attached hydrogens (primary N) is 1. The van der Waals surface area contributed by atoms with Gasteiger partial charge in [-0.25, -0.2) is 4.68 Å². The Labute approximate surface area is 168 Å². The van der Waals surface area contributed by atoms with E-state index >= 15 is 0 Å². The van der Waals surface area contributed by atoms with Crippen LogP contribution in [0.5, 0.6) is 0 Å². The summed E-state index contributed by atoms with van der Waals surface area (Å²) < 4.78 is 7.11. The predicted molar refractivity (Wildman–Crippen MR) is 104 cm³/mol. The van der Waals surface area contributed by atoms with Gasteiger partial charge in [-0.15, -0.1) is 17.5 Å². The Bertz CT molecular complexity index is 806. The van der Waals surface area contributed by atoms with E-state index in [1.807, 2.05) is 0 Å². The number of nitro groups is 1. The first-order valence-corrected chi connectivity index (χ1v) is 8.86. The van der Waals surface area contributed by atoms with E-state index in [1.165, 1.54) is 23.0 Å². The Morgan fingerprint density at radius 3 is 2.79 bits per heavy atom. The molecule has 1 aromatic carbocycles. The molecule has 1 aromatic heterocycles. The molecule has 3 rings (SSSR count). The number of likely N-dealkylation sites (tertiary alicyclic amines) is 1. The van der Waals surface area contributed by atoms with E-state index in [0.717, 1.165) is 19.3 Å². The van der Waals surface area contributed by atoms with E-state index in [1.54, 1.807) is 17.0 Å². The molecule has 11 heteroatoms. The minimum absolute atomic E-state index is 0. The van der Waals surface area contributed by atoms with Gasteiger partial charge in [-0.3, -0.25) is 14.9 Å². The first-order valence-electron chi connectivity index (χ1n) is 8.86. The second-order valence-electron chi connectivity index (χ2n) is 6.33. The van der Waals surface area contributed by atoms with Crippen molar-refractivity contribution in [3.8, 4) is 5.69 Å². The van der Waals surface area contributed by atoms with Crippen LogP contribution in [0.15, 0.2) is 30.5 Å². The van der Waals surface area contributed by atoms with Crippen LogP contribution in [0, 0.1) is 10.1 Å². The SMILES string of the molecule is Cl.NCCCOC1CCN(C(=O)c2cn(-c3cccc([N+](=O)[O-])c3)nn2)CC1. The molecule has 1 saturated heterocycles. The number of hydrogen-bond acceptors (Lipinski definition) is 7. The first kappa shape index (κ1) is 21.7. The molecule has 1 aliphatic heterocycles. The number of nitro benzene ring substituents is 1. The van der Waals surface area contributed by atoms with Crippen molar-refractivity contribution in [1.29, 1.82) is 0 Å². The van der Waals surface area contributed by atoms with Crippen molar-refractivity contribution in [2.45, 2.75) is 25.4 Å². The second kappa shape index (κ2) is 10.1. The monoisotopic (exact) mass is 410 g/mol. The fourth-order valence-electron chi connectivity index (χ4n) is 2.96. The van der Waals surface area contributed by atoms with Crippen LogP contribution in [0.1, 0.15) is 29.8 Å². The first-order chi connectivity index (χ1) is 13.1. The zero-order chi connectivity index (χ0) is 19.2. The molecule has 0 radical (unpaired) electrons. The van der Waals surface area contributed by atoms with Crippen LogP contribution in [-0.4, -0.2) is 63.1 Å². The standard InChI is InChI=1S/C17H22N6O4.ClH/c18-7-2-10-27-15-5-8-21(9-6-15)17(24)16-12-22(20-19-16)13-3-1-4-14(11-13)23(25)26;/h1,3-4,11-12,15H,2,5-10,18H2;1H. The van der Waals surface area contributed by atoms with Crippen LogP contribution in [0.2, 0.25) is 0 Å². The highest BCUT2D eigenvalue weighted by Gasteiger charge is 2.25. The van der Waals surface area contributed by atoms with Crippen LogP contribution in [0.25, 0.3) is 5.69 Å². The lowest BCUT2D eigenvalue weighted by molar-refractivity contribution is -0.384. The maximum Gasteiger partial charge on any atom is 0.276 e. The lowest BCUT2D eigenvalue weighted by atomic mass is 10.1. The molecule has 0 atom stereocenters. The maximum absolute atomic E-state index is 12.6. The maximum atomic E-state index is 12.6. The number of nitrogens with zero attached hydrogens (tertiary/aromatic N) is 5. The van der Waals surface area contributed by atoms with Crippen molar-refractivity contribution in [2.24, 2.45) is 5.73 Å². The van der Waals surface area contributed by atoms with Crippen molar-refractivity contribution in [1.82, 2.24) is 19.9 Å². The molecule has 1 aliphatic rings. The Balaban J connectivity index is 0.00000280. The quantitative estimate of drug-likeness (QED) is 0.416. The number of amides is 1. The van der Waals surface area contributed by atoms with Crippen molar-refractivity contribution < 1.29 is 14.5 Å². The van der Waals surface area contributed by atoms with Crippen LogP contribution in [0.3, 0.4) is 0 Å². The van der Waals surface area contributed by atoms with Crippen LogP contribution < -0.4 is 5.73 Å². The molecule has 0 bridgehead atoms. The van der Waals surface area contributed by atoms with E-state index in [0.29, 0.717) is 31.9 Å². The minimum atomic E-state index is -0.480. The molecule has 152 valence electrons. The molecule has 2 heterocycles. The summed E-state index contributed by atoms with van der Waals surface area (Å²) in [6.45, 7) is 2.44. The molecule has 2 N–H and O–H groups in total.